The lowest BCUT2D eigenvalue weighted by Gasteiger charge is -2.40. The van der Waals surface area contributed by atoms with Crippen molar-refractivity contribution in [3.8, 4) is 11.5 Å². The molecule has 6 atom stereocenters. The molecule has 0 unspecified atom stereocenters. The maximum absolute atomic E-state index is 12.4. The van der Waals surface area contributed by atoms with Gasteiger partial charge in [-0.05, 0) is 117 Å². The number of hydrogen-bond acceptors (Lipinski definition) is 12. The molecule has 0 aromatic heterocycles. The van der Waals surface area contributed by atoms with Crippen LogP contribution in [0.4, 0.5) is 0 Å². The molecule has 0 aliphatic carbocycles. The molecule has 0 aliphatic rings. The Bertz CT molecular complexity index is 1620. The van der Waals surface area contributed by atoms with Gasteiger partial charge in [-0.2, -0.15) is 0 Å². The summed E-state index contributed by atoms with van der Waals surface area (Å²) in [7, 11) is 2.46. The molecule has 0 aliphatic heterocycles. The van der Waals surface area contributed by atoms with Gasteiger partial charge in [-0.1, -0.05) is 85.4 Å². The number of carbonyl (C=O) groups is 1. The fourth-order valence-corrected chi connectivity index (χ4v) is 9.58. The highest BCUT2D eigenvalue weighted by atomic mass is 28.4. The molecule has 2 aromatic rings. The molecule has 2 aromatic carbocycles. The van der Waals surface area contributed by atoms with Crippen molar-refractivity contribution in [1.82, 2.24) is 0 Å². The van der Waals surface area contributed by atoms with E-state index in [0.717, 1.165) is 29.0 Å². The number of Topliss-reactive ketones (excluding diaryl/α,β-unsaturated/α-hetero) is 1. The molecule has 14 heteroatoms. The van der Waals surface area contributed by atoms with E-state index in [1.807, 2.05) is 54.6 Å². The van der Waals surface area contributed by atoms with Gasteiger partial charge in [0.2, 0.25) is 0 Å². The van der Waals surface area contributed by atoms with Gasteiger partial charge in [-0.25, -0.2) is 0 Å². The Morgan fingerprint density at radius 2 is 1.03 bits per heavy atom. The van der Waals surface area contributed by atoms with Gasteiger partial charge in [-0.3, -0.25) is 4.79 Å². The highest BCUT2D eigenvalue weighted by molar-refractivity contribution is 6.74. The fraction of sp³-hybridized carbons (Fsp3) is 0.685. The Labute approximate surface area is 416 Å². The van der Waals surface area contributed by atoms with Crippen LogP contribution in [0.15, 0.2) is 73.8 Å². The summed E-state index contributed by atoms with van der Waals surface area (Å²) in [5.74, 6) is 1.42. The molecule has 0 spiro atoms. The van der Waals surface area contributed by atoms with Crippen LogP contribution in [-0.4, -0.2) is 114 Å². The van der Waals surface area contributed by atoms with E-state index in [0.29, 0.717) is 58.5 Å². The van der Waals surface area contributed by atoms with Crippen molar-refractivity contribution in [2.24, 2.45) is 11.8 Å². The van der Waals surface area contributed by atoms with Gasteiger partial charge in [0.05, 0.1) is 39.6 Å². The van der Waals surface area contributed by atoms with Crippen LogP contribution in [0.2, 0.25) is 36.3 Å². The van der Waals surface area contributed by atoms with Gasteiger partial charge in [-0.15, -0.1) is 13.2 Å². The van der Waals surface area contributed by atoms with E-state index in [9.17, 15) is 9.90 Å². The number of ether oxygens (including phenoxy) is 8. The SMILES string of the molecule is C.C=CC[C@H](C(C)=O)[C@@H](C[C@@H](CCOCc1ccc(OC)cc1)O[Si](C)(C)C(C)(C)C)OCOC.C=CC[C@H](CO)[C@@H](C[C@@H](CCOCc1ccc(OC)cc1)O[Si](C)(C)C(C)(C)C)OCOC. The van der Waals surface area contributed by atoms with Gasteiger partial charge in [0.15, 0.2) is 16.6 Å². The normalized spacial score (nSPS) is 14.8. The topological polar surface area (TPSA) is 130 Å². The van der Waals surface area contributed by atoms with Gasteiger partial charge >= 0.3 is 0 Å². The number of benzene rings is 2. The third-order valence-corrected chi connectivity index (χ3v) is 22.0. The molecule has 0 radical (unpaired) electrons. The summed E-state index contributed by atoms with van der Waals surface area (Å²) in [4.78, 5) is 12.4. The van der Waals surface area contributed by atoms with Crippen LogP contribution in [0.25, 0.3) is 0 Å². The lowest BCUT2D eigenvalue weighted by atomic mass is 9.90. The van der Waals surface area contributed by atoms with E-state index in [4.69, 9.17) is 46.7 Å². The van der Waals surface area contributed by atoms with Crippen molar-refractivity contribution in [3.05, 3.63) is 85.0 Å². The monoisotopic (exact) mass is 993 g/mol. The molecule has 12 nitrogen and oxygen atoms in total. The van der Waals surface area contributed by atoms with Gasteiger partial charge < -0.3 is 51.9 Å². The summed E-state index contributed by atoms with van der Waals surface area (Å²) in [6, 6.07) is 15.8. The molecular formula is C54H96O12Si2. The predicted octanol–water partition coefficient (Wildman–Crippen LogP) is 12.3. The number of aliphatic hydroxyl groups excluding tert-OH is 1. The van der Waals surface area contributed by atoms with Crippen LogP contribution >= 0.6 is 0 Å². The molecule has 0 heterocycles. The number of carbonyl (C=O) groups excluding carboxylic acids is 1. The molecule has 1 N–H and O–H groups in total. The highest BCUT2D eigenvalue weighted by Crippen LogP contribution is 2.40. The first-order chi connectivity index (χ1) is 31.5. The van der Waals surface area contributed by atoms with Crippen molar-refractivity contribution in [3.63, 3.8) is 0 Å². The maximum atomic E-state index is 12.4. The summed E-state index contributed by atoms with van der Waals surface area (Å²) in [5, 5.41) is 10.1. The first kappa shape index (κ1) is 65.3. The zero-order valence-electron chi connectivity index (χ0n) is 44.3. The average Bonchev–Trinajstić information content (AvgIpc) is 3.27. The summed E-state index contributed by atoms with van der Waals surface area (Å²) >= 11 is 0. The van der Waals surface area contributed by atoms with E-state index < -0.39 is 16.6 Å². The van der Waals surface area contributed by atoms with Gasteiger partial charge in [0.25, 0.3) is 0 Å². The molecular weight excluding hydrogens is 897 g/mol. The highest BCUT2D eigenvalue weighted by Gasteiger charge is 2.41. The smallest absolute Gasteiger partial charge is 0.192 e. The Balaban J connectivity index is 0.00000130. The number of ketones is 1. The zero-order valence-corrected chi connectivity index (χ0v) is 46.3. The number of rotatable bonds is 34. The van der Waals surface area contributed by atoms with Crippen molar-refractivity contribution >= 4 is 22.4 Å². The largest absolute Gasteiger partial charge is 0.497 e. The van der Waals surface area contributed by atoms with Crippen LogP contribution < -0.4 is 9.47 Å². The van der Waals surface area contributed by atoms with Crippen LogP contribution in [0, 0.1) is 11.8 Å². The molecule has 68 heavy (non-hydrogen) atoms. The van der Waals surface area contributed by atoms with Crippen LogP contribution in [0.1, 0.15) is 106 Å². The number of aliphatic hydroxyl groups is 1. The average molecular weight is 994 g/mol. The molecule has 0 bridgehead atoms. The summed E-state index contributed by atoms with van der Waals surface area (Å²) in [5.41, 5.74) is 2.19. The Morgan fingerprint density at radius 3 is 1.35 bits per heavy atom. The van der Waals surface area contributed by atoms with E-state index in [1.165, 1.54) is 0 Å². The van der Waals surface area contributed by atoms with E-state index >= 15 is 0 Å². The third-order valence-electron chi connectivity index (χ3n) is 13.0. The lowest BCUT2D eigenvalue weighted by molar-refractivity contribution is -0.136. The van der Waals surface area contributed by atoms with Crippen LogP contribution in [0.3, 0.4) is 0 Å². The van der Waals surface area contributed by atoms with Crippen LogP contribution in [-0.2, 0) is 55.3 Å². The standard InChI is InChI=1S/C27H46O6Si.C26H46O6Si.CH4/c1-10-11-25(21(2)28)26(32-20-29-6)18-24(33-34(8,9)27(3,4)5)16-17-31-19-22-12-14-23(30-7)15-13-22;1-9-10-22(18-27)25(31-20-28-5)17-24(32-33(7,8)26(2,3)4)15-16-30-19-21-11-13-23(29-6)14-12-21;/h10,12-15,24-26H,1,11,16-20H2,2-9H3;9,11-14,22,24-25,27H,1,10,15-20H2,2-8H3;1H4/t24-,25-,26-;22-,24-,25-;/m11./s1. The Kier molecular flexibility index (Phi) is 32.4. The van der Waals surface area contributed by atoms with E-state index in [2.05, 4.69) is 80.9 Å². The van der Waals surface area contributed by atoms with Crippen LogP contribution in [0.5, 0.6) is 11.5 Å². The minimum Gasteiger partial charge on any atom is -0.497 e. The second-order valence-corrected chi connectivity index (χ2v) is 29.8. The predicted molar refractivity (Wildman–Crippen MR) is 283 cm³/mol. The molecule has 0 amide bonds. The maximum Gasteiger partial charge on any atom is 0.192 e. The summed E-state index contributed by atoms with van der Waals surface area (Å²) in [6.07, 6.45) is 6.93. The lowest BCUT2D eigenvalue weighted by Crippen LogP contribution is -2.46. The van der Waals surface area contributed by atoms with Crippen molar-refractivity contribution in [1.29, 1.82) is 0 Å². The number of methoxy groups -OCH3 is 4. The summed E-state index contributed by atoms with van der Waals surface area (Å²) < 4.78 is 58.2. The minimum absolute atomic E-state index is 0. The molecule has 392 valence electrons. The second-order valence-electron chi connectivity index (χ2n) is 20.3. The quantitative estimate of drug-likeness (QED) is 0.0310. The van der Waals surface area contributed by atoms with E-state index in [1.54, 1.807) is 41.4 Å². The van der Waals surface area contributed by atoms with Crippen molar-refractivity contribution in [2.45, 2.75) is 168 Å². The molecule has 0 saturated heterocycles. The Hall–Kier alpha value is -2.74. The number of hydrogen-bond donors (Lipinski definition) is 1. The second kappa shape index (κ2) is 33.8. The van der Waals surface area contributed by atoms with E-state index in [-0.39, 0.29) is 79.7 Å². The summed E-state index contributed by atoms with van der Waals surface area (Å²) in [6.45, 7) is 34.2. The van der Waals surface area contributed by atoms with Gasteiger partial charge in [0, 0.05) is 58.1 Å². The molecule has 0 saturated carbocycles. The van der Waals surface area contributed by atoms with Crippen molar-refractivity contribution in [2.75, 3.05) is 61.8 Å². The molecule has 0 fully saturated rings. The minimum atomic E-state index is -2.04. The molecule has 2 rings (SSSR count). The Morgan fingerprint density at radius 1 is 0.647 bits per heavy atom. The zero-order chi connectivity index (χ0) is 50.7. The first-order valence-electron chi connectivity index (χ1n) is 23.8. The third kappa shape index (κ3) is 24.9. The van der Waals surface area contributed by atoms with Crippen molar-refractivity contribution < 1.29 is 56.6 Å². The first-order valence-corrected chi connectivity index (χ1v) is 29.7. The fourth-order valence-electron chi connectivity index (χ4n) is 6.78. The van der Waals surface area contributed by atoms with Gasteiger partial charge in [0.1, 0.15) is 30.9 Å². The number of allylic oxidation sites excluding steroid dienone is 2.